The highest BCUT2D eigenvalue weighted by atomic mass is 32.2. The van der Waals surface area contributed by atoms with Gasteiger partial charge in [-0.25, -0.2) is 13.6 Å². The molecular weight excluding hydrogens is 250 g/mol. The molecule has 0 rings (SSSR count). The first-order valence-electron chi connectivity index (χ1n) is 7.01. The van der Waals surface area contributed by atoms with Crippen LogP contribution < -0.4 is 5.14 Å². The Morgan fingerprint density at radius 2 is 1.61 bits per heavy atom. The van der Waals surface area contributed by atoms with Crippen LogP contribution in [0.5, 0.6) is 0 Å². The normalized spacial score (nSPS) is 15.6. The highest BCUT2D eigenvalue weighted by molar-refractivity contribution is 7.89. The van der Waals surface area contributed by atoms with E-state index in [0.29, 0.717) is 12.5 Å². The highest BCUT2D eigenvalue weighted by Crippen LogP contribution is 2.14. The molecule has 0 saturated heterocycles. The summed E-state index contributed by atoms with van der Waals surface area (Å²) in [6.07, 6.45) is 5.53. The van der Waals surface area contributed by atoms with Crippen LogP contribution in [0.4, 0.5) is 0 Å². The number of hydrogen-bond acceptors (Lipinski definition) is 3. The molecule has 5 heteroatoms. The van der Waals surface area contributed by atoms with E-state index in [9.17, 15) is 8.42 Å². The number of unbranched alkanes of at least 4 members (excludes halogenated alkanes) is 1. The second-order valence-corrected chi connectivity index (χ2v) is 6.72. The summed E-state index contributed by atoms with van der Waals surface area (Å²) in [5, 5.41) is 5.05. The van der Waals surface area contributed by atoms with Crippen molar-refractivity contribution in [2.24, 2.45) is 17.0 Å². The van der Waals surface area contributed by atoms with Crippen LogP contribution in [-0.2, 0) is 14.8 Å². The van der Waals surface area contributed by atoms with Gasteiger partial charge in [0.15, 0.2) is 0 Å². The van der Waals surface area contributed by atoms with Crippen LogP contribution in [0.25, 0.3) is 0 Å². The second kappa shape index (κ2) is 9.75. The van der Waals surface area contributed by atoms with E-state index in [2.05, 4.69) is 13.8 Å². The average Bonchev–Trinajstić information content (AvgIpc) is 2.30. The van der Waals surface area contributed by atoms with Crippen LogP contribution in [0.15, 0.2) is 0 Å². The average molecular weight is 279 g/mol. The summed E-state index contributed by atoms with van der Waals surface area (Å²) < 4.78 is 27.7. The summed E-state index contributed by atoms with van der Waals surface area (Å²) in [5.74, 6) is 0.635. The van der Waals surface area contributed by atoms with Gasteiger partial charge in [-0.3, -0.25) is 0 Å². The molecule has 0 aliphatic heterocycles. The highest BCUT2D eigenvalue weighted by Gasteiger charge is 2.15. The quantitative estimate of drug-likeness (QED) is 0.632. The van der Waals surface area contributed by atoms with Gasteiger partial charge in [0.05, 0.1) is 12.4 Å². The Hall–Kier alpha value is -0.130. The van der Waals surface area contributed by atoms with Crippen molar-refractivity contribution in [1.29, 1.82) is 0 Å². The zero-order chi connectivity index (χ0) is 14.0. The first kappa shape index (κ1) is 17.9. The predicted molar refractivity (Wildman–Crippen MR) is 75.9 cm³/mol. The standard InChI is InChI=1S/C13H29NO3S/c1-4-7-8-12(5-2)9-17-10-13(6-3)11-18(14,15)16/h12-13H,4-11H2,1-3H3,(H2,14,15,16). The lowest BCUT2D eigenvalue weighted by Crippen LogP contribution is -2.26. The lowest BCUT2D eigenvalue weighted by Gasteiger charge is -2.18. The monoisotopic (exact) mass is 279 g/mol. The molecule has 0 aliphatic rings. The summed E-state index contributed by atoms with van der Waals surface area (Å²) in [6, 6.07) is 0. The van der Waals surface area contributed by atoms with Crippen molar-refractivity contribution in [2.45, 2.75) is 52.9 Å². The molecule has 0 spiro atoms. The van der Waals surface area contributed by atoms with Crippen LogP contribution in [0.3, 0.4) is 0 Å². The van der Waals surface area contributed by atoms with Crippen molar-refractivity contribution in [2.75, 3.05) is 19.0 Å². The van der Waals surface area contributed by atoms with Gasteiger partial charge in [-0.1, -0.05) is 46.5 Å². The molecule has 18 heavy (non-hydrogen) atoms. The van der Waals surface area contributed by atoms with E-state index >= 15 is 0 Å². The van der Waals surface area contributed by atoms with E-state index in [1.165, 1.54) is 19.3 Å². The van der Waals surface area contributed by atoms with Crippen molar-refractivity contribution in [3.8, 4) is 0 Å². The van der Waals surface area contributed by atoms with E-state index in [0.717, 1.165) is 19.4 Å². The molecule has 0 amide bonds. The third-order valence-corrected chi connectivity index (χ3v) is 4.23. The van der Waals surface area contributed by atoms with E-state index in [1.54, 1.807) is 0 Å². The molecule has 0 aromatic carbocycles. The predicted octanol–water partition coefficient (Wildman–Crippen LogP) is 2.53. The Labute approximate surface area is 112 Å². The summed E-state index contributed by atoms with van der Waals surface area (Å²) >= 11 is 0. The Kier molecular flexibility index (Phi) is 9.68. The molecule has 0 saturated carbocycles. The summed E-state index contributed by atoms with van der Waals surface area (Å²) in [4.78, 5) is 0. The maximum absolute atomic E-state index is 11.0. The third kappa shape index (κ3) is 9.85. The molecule has 0 fully saturated rings. The minimum Gasteiger partial charge on any atom is -0.381 e. The van der Waals surface area contributed by atoms with Crippen molar-refractivity contribution >= 4 is 10.0 Å². The van der Waals surface area contributed by atoms with Crippen LogP contribution in [0.2, 0.25) is 0 Å². The summed E-state index contributed by atoms with van der Waals surface area (Å²) in [7, 11) is -3.39. The van der Waals surface area contributed by atoms with E-state index < -0.39 is 10.0 Å². The van der Waals surface area contributed by atoms with Gasteiger partial charge in [0.25, 0.3) is 0 Å². The Morgan fingerprint density at radius 3 is 2.06 bits per heavy atom. The van der Waals surface area contributed by atoms with E-state index in [1.807, 2.05) is 6.92 Å². The van der Waals surface area contributed by atoms with E-state index in [-0.39, 0.29) is 11.7 Å². The lowest BCUT2D eigenvalue weighted by molar-refractivity contribution is 0.0709. The molecule has 0 heterocycles. The summed E-state index contributed by atoms with van der Waals surface area (Å²) in [5.41, 5.74) is 0. The fourth-order valence-corrected chi connectivity index (χ4v) is 2.90. The number of nitrogens with two attached hydrogens (primary N) is 1. The van der Waals surface area contributed by atoms with Crippen molar-refractivity contribution in [3.05, 3.63) is 0 Å². The lowest BCUT2D eigenvalue weighted by atomic mass is 10.0. The number of ether oxygens (including phenoxy) is 1. The number of hydrogen-bond donors (Lipinski definition) is 1. The third-order valence-electron chi connectivity index (χ3n) is 3.30. The maximum Gasteiger partial charge on any atom is 0.209 e. The van der Waals surface area contributed by atoms with Crippen molar-refractivity contribution in [3.63, 3.8) is 0 Å². The first-order chi connectivity index (χ1) is 8.42. The van der Waals surface area contributed by atoms with Crippen LogP contribution in [0.1, 0.15) is 52.9 Å². The number of rotatable bonds is 11. The van der Waals surface area contributed by atoms with Crippen LogP contribution in [-0.4, -0.2) is 27.4 Å². The summed E-state index contributed by atoms with van der Waals surface area (Å²) in [6.45, 7) is 7.55. The second-order valence-electron chi connectivity index (χ2n) is 5.06. The molecule has 0 aromatic heterocycles. The van der Waals surface area contributed by atoms with Gasteiger partial charge in [0.2, 0.25) is 10.0 Å². The van der Waals surface area contributed by atoms with Gasteiger partial charge in [0.1, 0.15) is 0 Å². The molecule has 0 radical (unpaired) electrons. The molecule has 2 N–H and O–H groups in total. The zero-order valence-electron chi connectivity index (χ0n) is 12.0. The first-order valence-corrected chi connectivity index (χ1v) is 8.72. The maximum atomic E-state index is 11.0. The fourth-order valence-electron chi connectivity index (χ4n) is 1.91. The molecule has 0 bridgehead atoms. The van der Waals surface area contributed by atoms with Crippen LogP contribution >= 0.6 is 0 Å². The van der Waals surface area contributed by atoms with Gasteiger partial charge in [-0.2, -0.15) is 0 Å². The van der Waals surface area contributed by atoms with Gasteiger partial charge < -0.3 is 4.74 Å². The molecule has 0 aliphatic carbocycles. The SMILES string of the molecule is CCCCC(CC)COCC(CC)CS(N)(=O)=O. The topological polar surface area (TPSA) is 69.4 Å². The molecular formula is C13H29NO3S. The Balaban J connectivity index is 3.91. The van der Waals surface area contributed by atoms with Gasteiger partial charge in [-0.15, -0.1) is 0 Å². The minimum absolute atomic E-state index is 0.0173. The minimum atomic E-state index is -3.39. The molecule has 4 nitrogen and oxygen atoms in total. The Bertz CT molecular complexity index is 291. The molecule has 0 aromatic rings. The Morgan fingerprint density at radius 1 is 1.06 bits per heavy atom. The van der Waals surface area contributed by atoms with Crippen molar-refractivity contribution in [1.82, 2.24) is 0 Å². The largest absolute Gasteiger partial charge is 0.381 e. The number of primary sulfonamides is 1. The molecule has 110 valence electrons. The van der Waals surface area contributed by atoms with Gasteiger partial charge >= 0.3 is 0 Å². The van der Waals surface area contributed by atoms with Gasteiger partial charge in [-0.05, 0) is 18.3 Å². The van der Waals surface area contributed by atoms with E-state index in [4.69, 9.17) is 9.88 Å². The fraction of sp³-hybridized carbons (Fsp3) is 1.00. The molecule has 2 atom stereocenters. The van der Waals surface area contributed by atoms with Gasteiger partial charge in [0, 0.05) is 6.61 Å². The smallest absolute Gasteiger partial charge is 0.209 e. The zero-order valence-corrected chi connectivity index (χ0v) is 12.8. The number of sulfonamides is 1. The molecule has 2 unspecified atom stereocenters. The van der Waals surface area contributed by atoms with Crippen LogP contribution in [0, 0.1) is 11.8 Å². The van der Waals surface area contributed by atoms with Crippen molar-refractivity contribution < 1.29 is 13.2 Å².